The van der Waals surface area contributed by atoms with E-state index >= 15 is 0 Å². The lowest BCUT2D eigenvalue weighted by atomic mass is 10.2. The SMILES string of the molecule is Cc1nn(-c2c(CBr)c(C)nn2-c2ccccc2)cc1Cl. The summed E-state index contributed by atoms with van der Waals surface area (Å²) in [6, 6.07) is 10.0. The number of rotatable bonds is 3. The van der Waals surface area contributed by atoms with Gasteiger partial charge in [0.05, 0.1) is 28.3 Å². The minimum absolute atomic E-state index is 0.647. The first kappa shape index (κ1) is 14.4. The minimum Gasteiger partial charge on any atom is -0.220 e. The molecule has 1 aromatic carbocycles. The maximum atomic E-state index is 6.16. The van der Waals surface area contributed by atoms with Crippen LogP contribution in [0.15, 0.2) is 36.5 Å². The summed E-state index contributed by atoms with van der Waals surface area (Å²) in [6.07, 6.45) is 1.82. The molecule has 0 radical (unpaired) electrons. The van der Waals surface area contributed by atoms with Crippen LogP contribution >= 0.6 is 27.5 Å². The number of aromatic nitrogens is 4. The molecule has 2 heterocycles. The molecular weight excluding hydrogens is 352 g/mol. The Hall–Kier alpha value is -1.59. The number of benzene rings is 1. The first-order valence-corrected chi connectivity index (χ1v) is 8.03. The van der Waals surface area contributed by atoms with Gasteiger partial charge in [-0.25, -0.2) is 9.36 Å². The average Bonchev–Trinajstić information content (AvgIpc) is 3.00. The predicted octanol–water partition coefficient (Wildman–Crippen LogP) is 4.22. The molecule has 3 rings (SSSR count). The monoisotopic (exact) mass is 364 g/mol. The fourth-order valence-electron chi connectivity index (χ4n) is 2.24. The second kappa shape index (κ2) is 5.66. The van der Waals surface area contributed by atoms with E-state index in [0.717, 1.165) is 28.5 Å². The van der Waals surface area contributed by atoms with Crippen molar-refractivity contribution in [1.82, 2.24) is 19.6 Å². The Balaban J connectivity index is 2.27. The van der Waals surface area contributed by atoms with Gasteiger partial charge in [0.2, 0.25) is 0 Å². The Morgan fingerprint density at radius 3 is 2.38 bits per heavy atom. The van der Waals surface area contributed by atoms with Crippen LogP contribution in [0.4, 0.5) is 0 Å². The van der Waals surface area contributed by atoms with E-state index in [9.17, 15) is 0 Å². The van der Waals surface area contributed by atoms with Gasteiger partial charge in [0.15, 0.2) is 5.82 Å². The summed E-state index contributed by atoms with van der Waals surface area (Å²) >= 11 is 9.70. The van der Waals surface area contributed by atoms with Crippen LogP contribution in [0.25, 0.3) is 11.5 Å². The van der Waals surface area contributed by atoms with E-state index in [0.29, 0.717) is 10.4 Å². The number of aryl methyl sites for hydroxylation is 2. The molecule has 0 spiro atoms. The highest BCUT2D eigenvalue weighted by Crippen LogP contribution is 2.26. The number of halogens is 2. The number of para-hydroxylation sites is 1. The number of nitrogens with zero attached hydrogens (tertiary/aromatic N) is 4. The van der Waals surface area contributed by atoms with E-state index in [4.69, 9.17) is 11.6 Å². The second-order valence-corrected chi connectivity index (χ2v) is 5.74. The molecule has 0 aliphatic heterocycles. The molecule has 0 N–H and O–H groups in total. The van der Waals surface area contributed by atoms with Crippen LogP contribution in [0, 0.1) is 13.8 Å². The van der Waals surface area contributed by atoms with E-state index in [2.05, 4.69) is 26.1 Å². The lowest BCUT2D eigenvalue weighted by Gasteiger charge is -2.08. The Bertz CT molecular complexity index is 757. The average molecular weight is 366 g/mol. The Labute approximate surface area is 136 Å². The summed E-state index contributed by atoms with van der Waals surface area (Å²) in [6.45, 7) is 3.89. The zero-order chi connectivity index (χ0) is 15.0. The smallest absolute Gasteiger partial charge is 0.161 e. The molecule has 0 amide bonds. The summed E-state index contributed by atoms with van der Waals surface area (Å²) < 4.78 is 3.69. The van der Waals surface area contributed by atoms with Crippen molar-refractivity contribution in [3.63, 3.8) is 0 Å². The maximum absolute atomic E-state index is 6.16. The second-order valence-electron chi connectivity index (χ2n) is 4.78. The fourth-order valence-corrected chi connectivity index (χ4v) is 3.02. The predicted molar refractivity (Wildman–Crippen MR) is 87.8 cm³/mol. The van der Waals surface area contributed by atoms with Crippen molar-refractivity contribution in [2.24, 2.45) is 0 Å². The van der Waals surface area contributed by atoms with Crippen LogP contribution in [-0.4, -0.2) is 19.6 Å². The summed E-state index contributed by atoms with van der Waals surface area (Å²) in [7, 11) is 0. The lowest BCUT2D eigenvalue weighted by Crippen LogP contribution is -2.07. The molecule has 108 valence electrons. The van der Waals surface area contributed by atoms with E-state index in [1.54, 1.807) is 4.68 Å². The zero-order valence-corrected chi connectivity index (χ0v) is 14.1. The van der Waals surface area contributed by atoms with Crippen molar-refractivity contribution in [3.05, 3.63) is 58.5 Å². The van der Waals surface area contributed by atoms with Crippen LogP contribution in [-0.2, 0) is 5.33 Å². The molecule has 0 aliphatic carbocycles. The van der Waals surface area contributed by atoms with Gasteiger partial charge in [-0.2, -0.15) is 10.2 Å². The van der Waals surface area contributed by atoms with E-state index in [-0.39, 0.29) is 0 Å². The summed E-state index contributed by atoms with van der Waals surface area (Å²) in [5, 5.41) is 10.5. The van der Waals surface area contributed by atoms with Crippen molar-refractivity contribution >= 4 is 27.5 Å². The Morgan fingerprint density at radius 1 is 1.10 bits per heavy atom. The molecule has 0 aliphatic rings. The Kier molecular flexibility index (Phi) is 3.87. The highest BCUT2D eigenvalue weighted by molar-refractivity contribution is 9.08. The van der Waals surface area contributed by atoms with Crippen LogP contribution in [0.1, 0.15) is 17.0 Å². The fraction of sp³-hybridized carbons (Fsp3) is 0.200. The highest BCUT2D eigenvalue weighted by atomic mass is 79.9. The van der Waals surface area contributed by atoms with E-state index < -0.39 is 0 Å². The van der Waals surface area contributed by atoms with Crippen LogP contribution < -0.4 is 0 Å². The molecular formula is C15H14BrClN4. The van der Waals surface area contributed by atoms with Crippen LogP contribution in [0.2, 0.25) is 5.02 Å². The van der Waals surface area contributed by atoms with Gasteiger partial charge in [-0.05, 0) is 26.0 Å². The van der Waals surface area contributed by atoms with E-state index in [1.165, 1.54) is 0 Å². The van der Waals surface area contributed by atoms with Gasteiger partial charge in [-0.1, -0.05) is 45.7 Å². The molecule has 4 nitrogen and oxygen atoms in total. The van der Waals surface area contributed by atoms with Gasteiger partial charge in [0.1, 0.15) is 0 Å². The first-order valence-electron chi connectivity index (χ1n) is 6.54. The van der Waals surface area contributed by atoms with Crippen LogP contribution in [0.3, 0.4) is 0 Å². The van der Waals surface area contributed by atoms with Gasteiger partial charge in [-0.3, -0.25) is 0 Å². The van der Waals surface area contributed by atoms with E-state index in [1.807, 2.05) is 55.1 Å². The van der Waals surface area contributed by atoms with Crippen molar-refractivity contribution in [2.75, 3.05) is 0 Å². The van der Waals surface area contributed by atoms with Gasteiger partial charge >= 0.3 is 0 Å². The normalized spacial score (nSPS) is 11.0. The third-order valence-electron chi connectivity index (χ3n) is 3.35. The molecule has 0 unspecified atom stereocenters. The standard InChI is InChI=1S/C15H14BrClN4/c1-10-13(8-16)15(20-9-14(17)11(2)18-20)21(19-10)12-6-4-3-5-7-12/h3-7,9H,8H2,1-2H3. The lowest BCUT2D eigenvalue weighted by molar-refractivity contribution is 0.753. The third kappa shape index (κ3) is 2.51. The molecule has 21 heavy (non-hydrogen) atoms. The number of hydrogen-bond acceptors (Lipinski definition) is 2. The van der Waals surface area contributed by atoms with Crippen LogP contribution in [0.5, 0.6) is 0 Å². The molecule has 6 heteroatoms. The summed E-state index contributed by atoms with van der Waals surface area (Å²) in [4.78, 5) is 0. The number of hydrogen-bond donors (Lipinski definition) is 0. The summed E-state index contributed by atoms with van der Waals surface area (Å²) in [5.74, 6) is 0.908. The quantitative estimate of drug-likeness (QED) is 0.651. The molecule has 0 bridgehead atoms. The zero-order valence-electron chi connectivity index (χ0n) is 11.7. The molecule has 0 atom stereocenters. The topological polar surface area (TPSA) is 35.6 Å². The highest BCUT2D eigenvalue weighted by Gasteiger charge is 2.18. The van der Waals surface area contributed by atoms with Gasteiger partial charge < -0.3 is 0 Å². The number of alkyl halides is 1. The third-order valence-corrected chi connectivity index (χ3v) is 4.28. The van der Waals surface area contributed by atoms with Crippen molar-refractivity contribution < 1.29 is 0 Å². The first-order chi connectivity index (χ1) is 10.1. The van der Waals surface area contributed by atoms with Gasteiger partial charge in [0, 0.05) is 10.9 Å². The molecule has 0 fully saturated rings. The van der Waals surface area contributed by atoms with Crippen molar-refractivity contribution in [1.29, 1.82) is 0 Å². The van der Waals surface area contributed by atoms with Gasteiger partial charge in [-0.15, -0.1) is 0 Å². The van der Waals surface area contributed by atoms with Gasteiger partial charge in [0.25, 0.3) is 0 Å². The Morgan fingerprint density at radius 2 is 1.81 bits per heavy atom. The van der Waals surface area contributed by atoms with Crippen molar-refractivity contribution in [3.8, 4) is 11.5 Å². The van der Waals surface area contributed by atoms with Crippen molar-refractivity contribution in [2.45, 2.75) is 19.2 Å². The molecule has 0 saturated heterocycles. The molecule has 0 saturated carbocycles. The largest absolute Gasteiger partial charge is 0.220 e. The molecule has 3 aromatic rings. The minimum atomic E-state index is 0.647. The molecule has 2 aromatic heterocycles. The summed E-state index contributed by atoms with van der Waals surface area (Å²) in [5.41, 5.74) is 3.86. The maximum Gasteiger partial charge on any atom is 0.161 e.